The maximum Gasteiger partial charge on any atom is 0.330 e. The Morgan fingerprint density at radius 2 is 2.47 bits per heavy atom. The molecule has 82 valence electrons. The van der Waals surface area contributed by atoms with E-state index in [-0.39, 0.29) is 17.5 Å². The third-order valence-electron chi connectivity index (χ3n) is 2.91. The molecular formula is C9H14N4O2. The molecule has 0 bridgehead atoms. The fourth-order valence-electron chi connectivity index (χ4n) is 1.95. The summed E-state index contributed by atoms with van der Waals surface area (Å²) in [6, 6.07) is 0.221. The molecule has 1 unspecified atom stereocenters. The molecule has 2 rings (SSSR count). The van der Waals surface area contributed by atoms with Gasteiger partial charge >= 0.3 is 5.69 Å². The lowest BCUT2D eigenvalue weighted by Gasteiger charge is -2.15. The van der Waals surface area contributed by atoms with Gasteiger partial charge in [-0.05, 0) is 25.2 Å². The van der Waals surface area contributed by atoms with Gasteiger partial charge in [0.25, 0.3) is 0 Å². The first-order chi connectivity index (χ1) is 7.15. The first kappa shape index (κ1) is 9.95. The zero-order valence-electron chi connectivity index (χ0n) is 8.59. The van der Waals surface area contributed by atoms with Gasteiger partial charge in [0.05, 0.1) is 11.0 Å². The van der Waals surface area contributed by atoms with Gasteiger partial charge in [-0.3, -0.25) is 10.1 Å². The van der Waals surface area contributed by atoms with Gasteiger partial charge in [-0.1, -0.05) is 6.92 Å². The molecular weight excluding hydrogens is 196 g/mol. The number of anilines is 1. The molecule has 0 spiro atoms. The standard InChI is InChI=1S/C9H14N4O2/c1-2-7(6-3-4-6)12-9(10)8(5-11-12)13(14)15/h5-7H,2-4,10H2,1H3. The Labute approximate surface area is 87.2 Å². The van der Waals surface area contributed by atoms with Crippen molar-refractivity contribution in [2.45, 2.75) is 32.2 Å². The summed E-state index contributed by atoms with van der Waals surface area (Å²) < 4.78 is 1.61. The van der Waals surface area contributed by atoms with E-state index in [1.807, 2.05) is 0 Å². The number of aromatic nitrogens is 2. The van der Waals surface area contributed by atoms with Crippen LogP contribution in [0.3, 0.4) is 0 Å². The number of nitrogens with zero attached hydrogens (tertiary/aromatic N) is 3. The zero-order chi connectivity index (χ0) is 11.0. The minimum Gasteiger partial charge on any atom is -0.378 e. The normalized spacial score (nSPS) is 17.7. The molecule has 6 nitrogen and oxygen atoms in total. The van der Waals surface area contributed by atoms with E-state index in [1.165, 1.54) is 19.0 Å². The molecule has 1 aliphatic carbocycles. The smallest absolute Gasteiger partial charge is 0.330 e. The molecule has 0 aromatic carbocycles. The quantitative estimate of drug-likeness (QED) is 0.605. The highest BCUT2D eigenvalue weighted by molar-refractivity contribution is 5.51. The van der Waals surface area contributed by atoms with Gasteiger partial charge < -0.3 is 5.73 Å². The molecule has 1 heterocycles. The van der Waals surface area contributed by atoms with Gasteiger partial charge in [0, 0.05) is 0 Å². The molecule has 0 amide bonds. The summed E-state index contributed by atoms with van der Waals surface area (Å²) in [6.07, 6.45) is 4.49. The second-order valence-corrected chi connectivity index (χ2v) is 3.93. The summed E-state index contributed by atoms with van der Waals surface area (Å²) in [5, 5.41) is 14.6. The Balaban J connectivity index is 2.30. The van der Waals surface area contributed by atoms with E-state index in [1.54, 1.807) is 4.68 Å². The van der Waals surface area contributed by atoms with Crippen LogP contribution < -0.4 is 5.73 Å². The van der Waals surface area contributed by atoms with Crippen molar-refractivity contribution in [1.29, 1.82) is 0 Å². The summed E-state index contributed by atoms with van der Waals surface area (Å²) in [6.45, 7) is 2.05. The highest BCUT2D eigenvalue weighted by Gasteiger charge is 2.34. The summed E-state index contributed by atoms with van der Waals surface area (Å²) in [7, 11) is 0. The molecule has 15 heavy (non-hydrogen) atoms. The maximum absolute atomic E-state index is 10.6. The second kappa shape index (κ2) is 3.52. The Hall–Kier alpha value is -1.59. The van der Waals surface area contributed by atoms with Crippen LogP contribution in [0.15, 0.2) is 6.20 Å². The van der Waals surface area contributed by atoms with Crippen molar-refractivity contribution in [2.24, 2.45) is 5.92 Å². The molecule has 0 radical (unpaired) electrons. The average molecular weight is 210 g/mol. The zero-order valence-corrected chi connectivity index (χ0v) is 8.59. The van der Waals surface area contributed by atoms with Crippen LogP contribution in [-0.4, -0.2) is 14.7 Å². The van der Waals surface area contributed by atoms with Crippen LogP contribution in [0.25, 0.3) is 0 Å². The molecule has 0 saturated heterocycles. The van der Waals surface area contributed by atoms with Gasteiger partial charge in [-0.2, -0.15) is 5.10 Å². The Kier molecular flexibility index (Phi) is 2.34. The van der Waals surface area contributed by atoms with Crippen molar-refractivity contribution in [3.8, 4) is 0 Å². The van der Waals surface area contributed by atoms with E-state index < -0.39 is 4.92 Å². The number of rotatable bonds is 4. The van der Waals surface area contributed by atoms with Crippen LogP contribution in [0.5, 0.6) is 0 Å². The molecule has 6 heteroatoms. The molecule has 2 N–H and O–H groups in total. The number of nitrogen functional groups attached to an aromatic ring is 1. The predicted octanol–water partition coefficient (Wildman–Crippen LogP) is 1.73. The Morgan fingerprint density at radius 1 is 1.80 bits per heavy atom. The first-order valence-electron chi connectivity index (χ1n) is 5.12. The number of nitrogens with two attached hydrogens (primary N) is 1. The maximum atomic E-state index is 10.6. The molecule has 1 aromatic heterocycles. The van der Waals surface area contributed by atoms with Crippen LogP contribution >= 0.6 is 0 Å². The average Bonchev–Trinajstić information content (AvgIpc) is 2.93. The fourth-order valence-corrected chi connectivity index (χ4v) is 1.95. The molecule has 1 fully saturated rings. The predicted molar refractivity (Wildman–Crippen MR) is 55.3 cm³/mol. The van der Waals surface area contributed by atoms with Gasteiger partial charge in [0.15, 0.2) is 0 Å². The van der Waals surface area contributed by atoms with Gasteiger partial charge in [0.2, 0.25) is 5.82 Å². The number of hydrogen-bond acceptors (Lipinski definition) is 4. The summed E-state index contributed by atoms with van der Waals surface area (Å²) in [5.74, 6) is 0.774. The van der Waals surface area contributed by atoms with E-state index in [0.717, 1.165) is 6.42 Å². The Bertz CT molecular complexity index is 383. The van der Waals surface area contributed by atoms with Crippen molar-refractivity contribution in [2.75, 3.05) is 5.73 Å². The lowest BCUT2D eigenvalue weighted by molar-refractivity contribution is -0.384. The second-order valence-electron chi connectivity index (χ2n) is 3.93. The highest BCUT2D eigenvalue weighted by atomic mass is 16.6. The molecule has 1 aliphatic rings. The SMILES string of the molecule is CCC(C1CC1)n1ncc([N+](=O)[O-])c1N. The van der Waals surface area contributed by atoms with Crippen LogP contribution in [-0.2, 0) is 0 Å². The van der Waals surface area contributed by atoms with Gasteiger partial charge in [-0.25, -0.2) is 4.68 Å². The lowest BCUT2D eigenvalue weighted by atomic mass is 10.1. The summed E-state index contributed by atoms with van der Waals surface area (Å²) in [5.41, 5.74) is 5.62. The van der Waals surface area contributed by atoms with Crippen LogP contribution in [0, 0.1) is 16.0 Å². The molecule has 1 atom stereocenters. The van der Waals surface area contributed by atoms with Crippen molar-refractivity contribution in [3.05, 3.63) is 16.3 Å². The van der Waals surface area contributed by atoms with Crippen molar-refractivity contribution in [1.82, 2.24) is 9.78 Å². The van der Waals surface area contributed by atoms with Crippen LogP contribution in [0.2, 0.25) is 0 Å². The van der Waals surface area contributed by atoms with Crippen LogP contribution in [0.4, 0.5) is 11.5 Å². The lowest BCUT2D eigenvalue weighted by Crippen LogP contribution is -2.14. The van der Waals surface area contributed by atoms with Crippen LogP contribution in [0.1, 0.15) is 32.2 Å². The fraction of sp³-hybridized carbons (Fsp3) is 0.667. The number of hydrogen-bond donors (Lipinski definition) is 1. The van der Waals surface area contributed by atoms with Crippen molar-refractivity contribution >= 4 is 11.5 Å². The molecule has 1 saturated carbocycles. The number of nitro groups is 1. The third kappa shape index (κ3) is 1.67. The van der Waals surface area contributed by atoms with Gasteiger partial charge in [0.1, 0.15) is 6.20 Å². The van der Waals surface area contributed by atoms with E-state index >= 15 is 0 Å². The highest BCUT2D eigenvalue weighted by Crippen LogP contribution is 2.42. The van der Waals surface area contributed by atoms with E-state index in [4.69, 9.17) is 5.73 Å². The van der Waals surface area contributed by atoms with Crippen molar-refractivity contribution in [3.63, 3.8) is 0 Å². The minimum absolute atomic E-state index is 0.0888. The van der Waals surface area contributed by atoms with E-state index in [9.17, 15) is 10.1 Å². The molecule has 1 aromatic rings. The van der Waals surface area contributed by atoms with Gasteiger partial charge in [-0.15, -0.1) is 0 Å². The molecule has 0 aliphatic heterocycles. The first-order valence-corrected chi connectivity index (χ1v) is 5.12. The van der Waals surface area contributed by atoms with E-state index in [0.29, 0.717) is 5.92 Å². The third-order valence-corrected chi connectivity index (χ3v) is 2.91. The summed E-state index contributed by atoms with van der Waals surface area (Å²) in [4.78, 5) is 10.1. The summed E-state index contributed by atoms with van der Waals surface area (Å²) >= 11 is 0. The monoisotopic (exact) mass is 210 g/mol. The van der Waals surface area contributed by atoms with Crippen molar-refractivity contribution < 1.29 is 4.92 Å². The topological polar surface area (TPSA) is 87.0 Å². The minimum atomic E-state index is -0.488. The largest absolute Gasteiger partial charge is 0.378 e. The van der Waals surface area contributed by atoms with E-state index in [2.05, 4.69) is 12.0 Å². The Morgan fingerprint density at radius 3 is 2.87 bits per heavy atom.